The van der Waals surface area contributed by atoms with Crippen LogP contribution in [0.4, 0.5) is 5.69 Å². The first kappa shape index (κ1) is 19.2. The minimum atomic E-state index is -0.316. The van der Waals surface area contributed by atoms with Gasteiger partial charge < -0.3 is 19.3 Å². The maximum atomic E-state index is 13.0. The maximum absolute atomic E-state index is 13.0. The quantitative estimate of drug-likeness (QED) is 0.768. The molecule has 2 amide bonds. The highest BCUT2D eigenvalue weighted by atomic mass is 16.5. The molecule has 0 aliphatic carbocycles. The molecule has 2 saturated heterocycles. The summed E-state index contributed by atoms with van der Waals surface area (Å²) in [5.41, 5.74) is 0.764. The molecule has 3 heterocycles. The van der Waals surface area contributed by atoms with Gasteiger partial charge in [0.05, 0.1) is 13.0 Å². The monoisotopic (exact) mass is 396 g/mol. The van der Waals surface area contributed by atoms with Gasteiger partial charge in [-0.05, 0) is 18.2 Å². The molecule has 0 radical (unpaired) electrons. The molecule has 1 aromatic carbocycles. The third-order valence-electron chi connectivity index (χ3n) is 5.41. The normalized spacial score (nSPS) is 20.0. The van der Waals surface area contributed by atoms with Gasteiger partial charge in [-0.1, -0.05) is 6.07 Å². The van der Waals surface area contributed by atoms with Gasteiger partial charge in [0, 0.05) is 63.0 Å². The Balaban J connectivity index is 1.33. The van der Waals surface area contributed by atoms with E-state index in [4.69, 9.17) is 9.47 Å². The number of ether oxygens (including phenoxy) is 2. The van der Waals surface area contributed by atoms with E-state index in [0.717, 1.165) is 18.5 Å². The van der Waals surface area contributed by atoms with Crippen LogP contribution in [0.2, 0.25) is 0 Å². The van der Waals surface area contributed by atoms with Crippen molar-refractivity contribution in [3.8, 4) is 11.8 Å². The fraction of sp³-hybridized carbons (Fsp3) is 0.429. The fourth-order valence-electron chi connectivity index (χ4n) is 3.85. The van der Waals surface area contributed by atoms with Crippen LogP contribution in [0.1, 0.15) is 19.3 Å². The molecule has 2 aliphatic rings. The number of hydrogen-bond donors (Lipinski definition) is 0. The summed E-state index contributed by atoms with van der Waals surface area (Å²) < 4.78 is 11.0. The van der Waals surface area contributed by atoms with Gasteiger partial charge in [-0.25, -0.2) is 9.97 Å². The lowest BCUT2D eigenvalue weighted by Gasteiger charge is -2.33. The zero-order valence-corrected chi connectivity index (χ0v) is 16.4. The average Bonchev–Trinajstić information content (AvgIpc) is 3.16. The molecule has 1 unspecified atom stereocenters. The van der Waals surface area contributed by atoms with Crippen LogP contribution >= 0.6 is 0 Å². The molecule has 29 heavy (non-hydrogen) atoms. The molecule has 8 heteroatoms. The van der Waals surface area contributed by atoms with Crippen LogP contribution in [-0.2, 0) is 9.59 Å². The molecular weight excluding hydrogens is 372 g/mol. The predicted molar refractivity (Wildman–Crippen MR) is 106 cm³/mol. The number of carbonyl (C=O) groups excluding carboxylic acids is 2. The molecule has 0 saturated carbocycles. The van der Waals surface area contributed by atoms with Crippen LogP contribution in [-0.4, -0.2) is 59.5 Å². The summed E-state index contributed by atoms with van der Waals surface area (Å²) in [6, 6.07) is 9.47. The largest absolute Gasteiger partial charge is 0.497 e. The van der Waals surface area contributed by atoms with Gasteiger partial charge in [0.1, 0.15) is 11.9 Å². The molecule has 2 fully saturated rings. The van der Waals surface area contributed by atoms with E-state index < -0.39 is 0 Å². The lowest BCUT2D eigenvalue weighted by Crippen LogP contribution is -2.45. The number of hydrogen-bond acceptors (Lipinski definition) is 6. The van der Waals surface area contributed by atoms with E-state index in [1.165, 1.54) is 0 Å². The molecule has 0 bridgehead atoms. The number of likely N-dealkylation sites (tertiary alicyclic amines) is 1. The second kappa shape index (κ2) is 8.46. The molecule has 8 nitrogen and oxygen atoms in total. The summed E-state index contributed by atoms with van der Waals surface area (Å²) in [6.07, 6.45) is 4.98. The van der Waals surface area contributed by atoms with Gasteiger partial charge in [-0.3, -0.25) is 9.59 Å². The third kappa shape index (κ3) is 4.31. The van der Waals surface area contributed by atoms with Crippen LogP contribution in [0.15, 0.2) is 42.7 Å². The highest BCUT2D eigenvalue weighted by Crippen LogP contribution is 2.29. The SMILES string of the molecule is COc1cccc(N2CC(C(=O)N3CCC(Oc4ncccn4)CC3)CC2=O)c1. The summed E-state index contributed by atoms with van der Waals surface area (Å²) in [5.74, 6) is 0.382. The Bertz CT molecular complexity index is 868. The van der Waals surface area contributed by atoms with Crippen molar-refractivity contribution in [3.05, 3.63) is 42.7 Å². The van der Waals surface area contributed by atoms with Crippen molar-refractivity contribution >= 4 is 17.5 Å². The Kier molecular flexibility index (Phi) is 5.59. The number of rotatable bonds is 5. The predicted octanol–water partition coefficient (Wildman–Crippen LogP) is 1.91. The topological polar surface area (TPSA) is 84.9 Å². The smallest absolute Gasteiger partial charge is 0.316 e. The van der Waals surface area contributed by atoms with Crippen molar-refractivity contribution in [1.29, 1.82) is 0 Å². The molecule has 0 N–H and O–H groups in total. The number of anilines is 1. The number of carbonyl (C=O) groups is 2. The molecule has 152 valence electrons. The second-order valence-corrected chi connectivity index (χ2v) is 7.28. The van der Waals surface area contributed by atoms with Crippen molar-refractivity contribution < 1.29 is 19.1 Å². The zero-order chi connectivity index (χ0) is 20.2. The molecule has 4 rings (SSSR count). The Morgan fingerprint density at radius 1 is 1.14 bits per heavy atom. The molecule has 1 aromatic heterocycles. The number of piperidine rings is 1. The highest BCUT2D eigenvalue weighted by Gasteiger charge is 2.38. The summed E-state index contributed by atoms with van der Waals surface area (Å²) in [6.45, 7) is 1.62. The van der Waals surface area contributed by atoms with Crippen LogP contribution in [0.3, 0.4) is 0 Å². The van der Waals surface area contributed by atoms with Crippen molar-refractivity contribution in [2.24, 2.45) is 5.92 Å². The molecule has 0 spiro atoms. The Morgan fingerprint density at radius 3 is 2.62 bits per heavy atom. The van der Waals surface area contributed by atoms with Crippen LogP contribution in [0.25, 0.3) is 0 Å². The molecule has 2 aliphatic heterocycles. The third-order valence-corrected chi connectivity index (χ3v) is 5.41. The van der Waals surface area contributed by atoms with E-state index in [1.54, 1.807) is 30.5 Å². The summed E-state index contributed by atoms with van der Waals surface area (Å²) in [5, 5.41) is 0. The van der Waals surface area contributed by atoms with Crippen molar-refractivity contribution in [2.75, 3.05) is 31.6 Å². The van der Waals surface area contributed by atoms with Crippen molar-refractivity contribution in [3.63, 3.8) is 0 Å². The van der Waals surface area contributed by atoms with Crippen LogP contribution in [0, 0.1) is 5.92 Å². The number of amides is 2. The van der Waals surface area contributed by atoms with Crippen LogP contribution < -0.4 is 14.4 Å². The number of aromatic nitrogens is 2. The van der Waals surface area contributed by atoms with Gasteiger partial charge in [-0.15, -0.1) is 0 Å². The number of benzene rings is 1. The second-order valence-electron chi connectivity index (χ2n) is 7.28. The standard InChI is InChI=1S/C21H24N4O4/c1-28-18-5-2-4-16(13-18)25-14-15(12-19(25)26)20(27)24-10-6-17(7-11-24)29-21-22-8-3-9-23-21/h2-5,8-9,13,15,17H,6-7,10-12,14H2,1H3. The lowest BCUT2D eigenvalue weighted by atomic mass is 10.0. The number of nitrogens with zero attached hydrogens (tertiary/aromatic N) is 4. The van der Waals surface area contributed by atoms with E-state index in [-0.39, 0.29) is 30.3 Å². The average molecular weight is 396 g/mol. The molecule has 1 atom stereocenters. The van der Waals surface area contributed by atoms with E-state index in [9.17, 15) is 9.59 Å². The minimum absolute atomic E-state index is 0.0000536. The van der Waals surface area contributed by atoms with Gasteiger partial charge in [0.25, 0.3) is 0 Å². The van der Waals surface area contributed by atoms with E-state index >= 15 is 0 Å². The van der Waals surface area contributed by atoms with Gasteiger partial charge in [0.2, 0.25) is 11.8 Å². The minimum Gasteiger partial charge on any atom is -0.497 e. The first-order chi connectivity index (χ1) is 14.1. The van der Waals surface area contributed by atoms with Gasteiger partial charge in [-0.2, -0.15) is 0 Å². The van der Waals surface area contributed by atoms with E-state index in [0.29, 0.717) is 31.4 Å². The lowest BCUT2D eigenvalue weighted by molar-refractivity contribution is -0.137. The first-order valence-electron chi connectivity index (χ1n) is 9.81. The Labute approximate surface area is 169 Å². The molecule has 2 aromatic rings. The zero-order valence-electron chi connectivity index (χ0n) is 16.4. The van der Waals surface area contributed by atoms with Gasteiger partial charge in [0.15, 0.2) is 0 Å². The Morgan fingerprint density at radius 2 is 1.90 bits per heavy atom. The maximum Gasteiger partial charge on any atom is 0.316 e. The molecular formula is C21H24N4O4. The van der Waals surface area contributed by atoms with Crippen LogP contribution in [0.5, 0.6) is 11.8 Å². The summed E-state index contributed by atoms with van der Waals surface area (Å²) in [4.78, 5) is 37.2. The Hall–Kier alpha value is -3.16. The van der Waals surface area contributed by atoms with Crippen molar-refractivity contribution in [1.82, 2.24) is 14.9 Å². The van der Waals surface area contributed by atoms with E-state index in [2.05, 4.69) is 9.97 Å². The van der Waals surface area contributed by atoms with Gasteiger partial charge >= 0.3 is 6.01 Å². The summed E-state index contributed by atoms with van der Waals surface area (Å²) in [7, 11) is 1.59. The van der Waals surface area contributed by atoms with Crippen molar-refractivity contribution in [2.45, 2.75) is 25.4 Å². The highest BCUT2D eigenvalue weighted by molar-refractivity contribution is 6.00. The van der Waals surface area contributed by atoms with E-state index in [1.807, 2.05) is 29.2 Å². The fourth-order valence-corrected chi connectivity index (χ4v) is 3.85. The summed E-state index contributed by atoms with van der Waals surface area (Å²) >= 11 is 0. The number of methoxy groups -OCH3 is 1. The first-order valence-corrected chi connectivity index (χ1v) is 9.81.